The van der Waals surface area contributed by atoms with E-state index in [0.29, 0.717) is 23.7 Å². The average Bonchev–Trinajstić information content (AvgIpc) is 2.96. The lowest BCUT2D eigenvalue weighted by Gasteiger charge is -2.22. The lowest BCUT2D eigenvalue weighted by molar-refractivity contribution is -0.126. The van der Waals surface area contributed by atoms with Gasteiger partial charge < -0.3 is 11.1 Å². The predicted molar refractivity (Wildman–Crippen MR) is 69.4 cm³/mol. The molecule has 17 heavy (non-hydrogen) atoms. The molecule has 2 aliphatic carbocycles. The van der Waals surface area contributed by atoms with Crippen LogP contribution in [0, 0.1) is 23.7 Å². The van der Waals surface area contributed by atoms with Gasteiger partial charge in [0.1, 0.15) is 0 Å². The summed E-state index contributed by atoms with van der Waals surface area (Å²) in [6.45, 7) is 3.72. The highest BCUT2D eigenvalue weighted by molar-refractivity contribution is 5.79. The van der Waals surface area contributed by atoms with Gasteiger partial charge in [0.15, 0.2) is 0 Å². The van der Waals surface area contributed by atoms with Crippen molar-refractivity contribution >= 4 is 5.91 Å². The number of nitrogens with one attached hydrogen (secondary N) is 1. The van der Waals surface area contributed by atoms with Gasteiger partial charge in [-0.25, -0.2) is 0 Å². The molecule has 0 aromatic heterocycles. The van der Waals surface area contributed by atoms with Crippen LogP contribution in [0.2, 0.25) is 0 Å². The standard InChI is InChI=1S/C14H26N2O/c1-2-10(5-6-15)9-16-14(17)13-8-11-3-4-12(13)7-11/h10-13H,2-9,15H2,1H3,(H,16,17). The van der Waals surface area contributed by atoms with Crippen molar-refractivity contribution in [3.05, 3.63) is 0 Å². The first-order chi connectivity index (χ1) is 8.24. The Kier molecular flexibility index (Phi) is 4.43. The highest BCUT2D eigenvalue weighted by Crippen LogP contribution is 2.48. The number of rotatable bonds is 6. The molecule has 2 saturated carbocycles. The second-order valence-corrected chi connectivity index (χ2v) is 5.88. The van der Waals surface area contributed by atoms with Gasteiger partial charge in [-0.3, -0.25) is 4.79 Å². The number of carbonyl (C=O) groups is 1. The van der Waals surface area contributed by atoms with Crippen molar-refractivity contribution in [2.45, 2.75) is 45.4 Å². The number of nitrogens with two attached hydrogens (primary N) is 1. The van der Waals surface area contributed by atoms with E-state index in [1.165, 1.54) is 19.3 Å². The van der Waals surface area contributed by atoms with Gasteiger partial charge in [0, 0.05) is 12.5 Å². The van der Waals surface area contributed by atoms with Crippen LogP contribution in [0.4, 0.5) is 0 Å². The Balaban J connectivity index is 1.74. The fourth-order valence-electron chi connectivity index (χ4n) is 3.63. The summed E-state index contributed by atoms with van der Waals surface area (Å²) in [5.74, 6) is 2.73. The van der Waals surface area contributed by atoms with Crippen molar-refractivity contribution in [2.75, 3.05) is 13.1 Å². The average molecular weight is 238 g/mol. The Morgan fingerprint density at radius 3 is 2.76 bits per heavy atom. The molecule has 3 nitrogen and oxygen atoms in total. The van der Waals surface area contributed by atoms with Gasteiger partial charge in [-0.2, -0.15) is 0 Å². The number of fused-ring (bicyclic) bond motifs is 2. The molecule has 4 atom stereocenters. The molecule has 0 saturated heterocycles. The molecule has 2 bridgehead atoms. The summed E-state index contributed by atoms with van der Waals surface area (Å²) in [5.41, 5.74) is 5.57. The van der Waals surface area contributed by atoms with Gasteiger partial charge in [-0.15, -0.1) is 0 Å². The maximum absolute atomic E-state index is 12.1. The van der Waals surface area contributed by atoms with Crippen LogP contribution in [0.5, 0.6) is 0 Å². The summed E-state index contributed by atoms with van der Waals surface area (Å²) >= 11 is 0. The van der Waals surface area contributed by atoms with E-state index in [1.54, 1.807) is 0 Å². The summed E-state index contributed by atoms with van der Waals surface area (Å²) < 4.78 is 0. The molecule has 3 heteroatoms. The normalized spacial score (nSPS) is 32.7. The van der Waals surface area contributed by atoms with Crippen LogP contribution in [0.25, 0.3) is 0 Å². The highest BCUT2D eigenvalue weighted by atomic mass is 16.1. The quantitative estimate of drug-likeness (QED) is 0.742. The molecule has 0 aromatic carbocycles. The van der Waals surface area contributed by atoms with Crippen molar-refractivity contribution in [1.82, 2.24) is 5.32 Å². The monoisotopic (exact) mass is 238 g/mol. The Bertz CT molecular complexity index is 267. The van der Waals surface area contributed by atoms with E-state index >= 15 is 0 Å². The molecule has 0 spiro atoms. The Labute approximate surface area is 105 Å². The molecule has 0 aliphatic heterocycles. The fraction of sp³-hybridized carbons (Fsp3) is 0.929. The summed E-state index contributed by atoms with van der Waals surface area (Å²) in [4.78, 5) is 12.1. The first-order valence-corrected chi connectivity index (χ1v) is 7.22. The summed E-state index contributed by atoms with van der Waals surface area (Å²) in [5, 5.41) is 3.15. The molecule has 1 amide bonds. The molecule has 3 N–H and O–H groups in total. The molecule has 4 unspecified atom stereocenters. The summed E-state index contributed by atoms with van der Waals surface area (Å²) in [7, 11) is 0. The minimum atomic E-state index is 0.313. The molecular formula is C14H26N2O. The van der Waals surface area contributed by atoms with Crippen LogP contribution < -0.4 is 11.1 Å². The van der Waals surface area contributed by atoms with Crippen LogP contribution in [-0.4, -0.2) is 19.0 Å². The molecule has 2 aliphatic rings. The van der Waals surface area contributed by atoms with Gasteiger partial charge >= 0.3 is 0 Å². The first-order valence-electron chi connectivity index (χ1n) is 7.22. The Hall–Kier alpha value is -0.570. The molecule has 2 fully saturated rings. The van der Waals surface area contributed by atoms with Gasteiger partial charge in [0.05, 0.1) is 0 Å². The van der Waals surface area contributed by atoms with Crippen molar-refractivity contribution < 1.29 is 4.79 Å². The Morgan fingerprint density at radius 2 is 2.24 bits per heavy atom. The van der Waals surface area contributed by atoms with Gasteiger partial charge in [-0.05, 0) is 50.0 Å². The van der Waals surface area contributed by atoms with E-state index in [1.807, 2.05) is 0 Å². The van der Waals surface area contributed by atoms with E-state index in [2.05, 4.69) is 12.2 Å². The van der Waals surface area contributed by atoms with Gasteiger partial charge in [-0.1, -0.05) is 19.8 Å². The van der Waals surface area contributed by atoms with Crippen LogP contribution in [0.1, 0.15) is 45.4 Å². The minimum Gasteiger partial charge on any atom is -0.356 e. The zero-order valence-corrected chi connectivity index (χ0v) is 11.0. The topological polar surface area (TPSA) is 55.1 Å². The molecule has 0 radical (unpaired) electrons. The summed E-state index contributed by atoms with van der Waals surface area (Å²) in [6, 6.07) is 0. The maximum Gasteiger partial charge on any atom is 0.223 e. The van der Waals surface area contributed by atoms with E-state index < -0.39 is 0 Å². The lowest BCUT2D eigenvalue weighted by Crippen LogP contribution is -2.36. The zero-order chi connectivity index (χ0) is 12.3. The largest absolute Gasteiger partial charge is 0.356 e. The van der Waals surface area contributed by atoms with Crippen molar-refractivity contribution in [1.29, 1.82) is 0 Å². The second kappa shape index (κ2) is 5.85. The molecule has 0 heterocycles. The predicted octanol–water partition coefficient (Wildman–Crippen LogP) is 1.91. The number of hydrogen-bond donors (Lipinski definition) is 2. The second-order valence-electron chi connectivity index (χ2n) is 5.88. The Morgan fingerprint density at radius 1 is 1.41 bits per heavy atom. The molecule has 0 aromatic rings. The van der Waals surface area contributed by atoms with Gasteiger partial charge in [0.2, 0.25) is 5.91 Å². The van der Waals surface area contributed by atoms with Crippen molar-refractivity contribution in [2.24, 2.45) is 29.4 Å². The van der Waals surface area contributed by atoms with Crippen LogP contribution >= 0.6 is 0 Å². The first kappa shape index (κ1) is 12.9. The molecule has 2 rings (SSSR count). The minimum absolute atomic E-state index is 0.313. The van der Waals surface area contributed by atoms with Crippen LogP contribution in [0.15, 0.2) is 0 Å². The third-order valence-electron chi connectivity index (χ3n) is 4.79. The third-order valence-corrected chi connectivity index (χ3v) is 4.79. The third kappa shape index (κ3) is 3.01. The molecule has 98 valence electrons. The van der Waals surface area contributed by atoms with E-state index in [-0.39, 0.29) is 0 Å². The van der Waals surface area contributed by atoms with E-state index in [9.17, 15) is 4.79 Å². The van der Waals surface area contributed by atoms with Crippen LogP contribution in [-0.2, 0) is 4.79 Å². The number of hydrogen-bond acceptors (Lipinski definition) is 2. The highest BCUT2D eigenvalue weighted by Gasteiger charge is 2.42. The molecular weight excluding hydrogens is 212 g/mol. The van der Waals surface area contributed by atoms with E-state index in [0.717, 1.165) is 38.3 Å². The smallest absolute Gasteiger partial charge is 0.223 e. The fourth-order valence-corrected chi connectivity index (χ4v) is 3.63. The SMILES string of the molecule is CCC(CCN)CNC(=O)C1CC2CCC1C2. The van der Waals surface area contributed by atoms with Crippen molar-refractivity contribution in [3.8, 4) is 0 Å². The van der Waals surface area contributed by atoms with Crippen LogP contribution in [0.3, 0.4) is 0 Å². The van der Waals surface area contributed by atoms with Gasteiger partial charge in [0.25, 0.3) is 0 Å². The lowest BCUT2D eigenvalue weighted by atomic mass is 9.88. The van der Waals surface area contributed by atoms with Crippen molar-refractivity contribution in [3.63, 3.8) is 0 Å². The number of amides is 1. The zero-order valence-electron chi connectivity index (χ0n) is 11.0. The maximum atomic E-state index is 12.1. The van der Waals surface area contributed by atoms with E-state index in [4.69, 9.17) is 5.73 Å². The summed E-state index contributed by atoms with van der Waals surface area (Å²) in [6.07, 6.45) is 7.21. The number of carbonyl (C=O) groups excluding carboxylic acids is 1.